The number of rotatable bonds is 77. The Morgan fingerprint density at radius 2 is 0.491 bits per heavy atom. The molecule has 106 heavy (non-hydrogen) atoms. The first kappa shape index (κ1) is 101. The molecule has 0 aromatic carbocycles. The minimum Gasteiger partial charge on any atom is -0.462 e. The van der Waals surface area contributed by atoms with E-state index in [1.807, 2.05) is 0 Å². The highest BCUT2D eigenvalue weighted by Gasteiger charge is 2.30. The molecule has 0 rings (SSSR count). The van der Waals surface area contributed by atoms with E-state index in [-0.39, 0.29) is 25.7 Å². The molecule has 19 heteroatoms. The van der Waals surface area contributed by atoms with Gasteiger partial charge in [0.1, 0.15) is 19.3 Å². The summed E-state index contributed by atoms with van der Waals surface area (Å²) in [6.07, 6.45) is 88.5. The molecule has 5 atom stereocenters. The molecule has 0 heterocycles. The predicted octanol–water partition coefficient (Wildman–Crippen LogP) is 24.4. The van der Waals surface area contributed by atoms with E-state index < -0.39 is 97.5 Å². The summed E-state index contributed by atoms with van der Waals surface area (Å²) in [5.41, 5.74) is 0. The summed E-state index contributed by atoms with van der Waals surface area (Å²) in [5.74, 6) is -2.23. The highest BCUT2D eigenvalue weighted by Crippen LogP contribution is 2.45. The Kier molecular flexibility index (Phi) is 74.8. The van der Waals surface area contributed by atoms with Crippen molar-refractivity contribution in [1.29, 1.82) is 0 Å². The molecule has 0 aromatic rings. The van der Waals surface area contributed by atoms with Crippen LogP contribution in [0.3, 0.4) is 0 Å². The molecule has 17 nitrogen and oxygen atoms in total. The molecule has 0 spiro atoms. The summed E-state index contributed by atoms with van der Waals surface area (Å²) < 4.78 is 68.7. The Bertz CT molecular complexity index is 2530. The van der Waals surface area contributed by atoms with Gasteiger partial charge in [-0.2, -0.15) is 0 Å². The number of carbonyl (C=O) groups excluding carboxylic acids is 4. The van der Waals surface area contributed by atoms with Crippen LogP contribution in [0.15, 0.2) is 134 Å². The summed E-state index contributed by atoms with van der Waals surface area (Å²) in [5, 5.41) is 10.7. The van der Waals surface area contributed by atoms with Gasteiger partial charge in [-0.25, -0.2) is 9.13 Å². The number of ether oxygens (including phenoxy) is 4. The molecule has 3 N–H and O–H groups in total. The van der Waals surface area contributed by atoms with Gasteiger partial charge in [-0.15, -0.1) is 0 Å². The van der Waals surface area contributed by atoms with E-state index in [1.54, 1.807) is 0 Å². The zero-order chi connectivity index (χ0) is 77.4. The van der Waals surface area contributed by atoms with Gasteiger partial charge in [-0.05, 0) is 141 Å². The lowest BCUT2D eigenvalue weighted by Crippen LogP contribution is -2.30. The van der Waals surface area contributed by atoms with E-state index in [9.17, 15) is 43.2 Å². The van der Waals surface area contributed by atoms with Gasteiger partial charge in [0.2, 0.25) is 0 Å². The third-order valence-corrected chi connectivity index (χ3v) is 19.0. The van der Waals surface area contributed by atoms with Crippen molar-refractivity contribution in [3.8, 4) is 0 Å². The number of allylic oxidation sites excluding steroid dienone is 22. The third-order valence-electron chi connectivity index (χ3n) is 17.1. The van der Waals surface area contributed by atoms with Crippen LogP contribution in [0.2, 0.25) is 0 Å². The Hall–Kier alpha value is -4.80. The van der Waals surface area contributed by atoms with Crippen molar-refractivity contribution < 1.29 is 80.2 Å². The van der Waals surface area contributed by atoms with E-state index in [1.165, 1.54) is 70.6 Å². The van der Waals surface area contributed by atoms with Crippen LogP contribution in [0.1, 0.15) is 336 Å². The molecule has 0 aliphatic carbocycles. The van der Waals surface area contributed by atoms with Crippen LogP contribution < -0.4 is 0 Å². The van der Waals surface area contributed by atoms with Crippen LogP contribution in [-0.2, 0) is 65.4 Å². The number of esters is 4. The van der Waals surface area contributed by atoms with Crippen LogP contribution >= 0.6 is 15.6 Å². The van der Waals surface area contributed by atoms with Crippen molar-refractivity contribution in [1.82, 2.24) is 0 Å². The first-order valence-electron chi connectivity index (χ1n) is 41.4. The molecule has 0 bridgehead atoms. The maximum atomic E-state index is 13.1. The maximum Gasteiger partial charge on any atom is 0.472 e. The smallest absolute Gasteiger partial charge is 0.462 e. The van der Waals surface area contributed by atoms with Crippen molar-refractivity contribution in [2.24, 2.45) is 0 Å². The van der Waals surface area contributed by atoms with Crippen LogP contribution in [0.4, 0.5) is 0 Å². The largest absolute Gasteiger partial charge is 0.472 e. The minimum absolute atomic E-state index is 0.0648. The summed E-state index contributed by atoms with van der Waals surface area (Å²) in [4.78, 5) is 73.1. The summed E-state index contributed by atoms with van der Waals surface area (Å²) in [7, 11) is -9.98. The van der Waals surface area contributed by atoms with Gasteiger partial charge in [-0.3, -0.25) is 37.3 Å². The summed E-state index contributed by atoms with van der Waals surface area (Å²) in [6.45, 7) is 4.58. The Labute approximate surface area is 644 Å². The molecule has 0 aliphatic heterocycles. The van der Waals surface area contributed by atoms with E-state index >= 15 is 0 Å². The first-order chi connectivity index (χ1) is 51.7. The van der Waals surface area contributed by atoms with Crippen molar-refractivity contribution in [2.75, 3.05) is 39.6 Å². The number of phosphoric acid groups is 2. The lowest BCUT2D eigenvalue weighted by Gasteiger charge is -2.21. The fourth-order valence-electron chi connectivity index (χ4n) is 10.9. The fourth-order valence-corrected chi connectivity index (χ4v) is 12.4. The van der Waals surface area contributed by atoms with E-state index in [4.69, 9.17) is 37.0 Å². The van der Waals surface area contributed by atoms with Crippen LogP contribution in [0.5, 0.6) is 0 Å². The number of unbranched alkanes of at least 4 members (excludes halogenated alkanes) is 29. The lowest BCUT2D eigenvalue weighted by molar-refractivity contribution is -0.161. The van der Waals surface area contributed by atoms with Crippen molar-refractivity contribution in [2.45, 2.75) is 354 Å². The zero-order valence-electron chi connectivity index (χ0n) is 66.6. The van der Waals surface area contributed by atoms with Crippen molar-refractivity contribution >= 4 is 39.5 Å². The molecule has 0 saturated carbocycles. The molecular weight excluding hydrogens is 1380 g/mol. The van der Waals surface area contributed by atoms with Gasteiger partial charge >= 0.3 is 39.5 Å². The number of hydrogen-bond acceptors (Lipinski definition) is 15. The average Bonchev–Trinajstić information content (AvgIpc) is 0.933. The molecule has 0 fully saturated rings. The van der Waals surface area contributed by atoms with Gasteiger partial charge < -0.3 is 33.8 Å². The van der Waals surface area contributed by atoms with Crippen molar-refractivity contribution in [3.05, 3.63) is 134 Å². The summed E-state index contributed by atoms with van der Waals surface area (Å²) in [6, 6.07) is 0. The molecule has 0 aromatic heterocycles. The molecule has 5 unspecified atom stereocenters. The van der Waals surface area contributed by atoms with Crippen LogP contribution in [-0.4, -0.2) is 96.7 Å². The first-order valence-corrected chi connectivity index (χ1v) is 44.4. The summed E-state index contributed by atoms with van der Waals surface area (Å²) >= 11 is 0. The molecule has 0 amide bonds. The number of hydrogen-bond donors (Lipinski definition) is 3. The topological polar surface area (TPSA) is 237 Å². The van der Waals surface area contributed by atoms with Gasteiger partial charge in [0.15, 0.2) is 12.2 Å². The number of aliphatic hydroxyl groups is 1. The molecule has 0 saturated heterocycles. The predicted molar refractivity (Wildman–Crippen MR) is 436 cm³/mol. The molecular formula is C87H148O17P2. The molecule has 0 aliphatic rings. The standard InChI is InChI=1S/C87H148O17P2/c1-5-9-13-17-21-25-29-33-36-38-40-42-45-48-51-55-59-63-67-71-84(89)97-77-82(103-86(91)73-69-65-61-57-53-47-32-28-24-20-16-12-8-4)79-101-105(93,94)99-75-81(88)76-100-106(95,96)102-80-83(104-87(92)74-70-66-62-58-54-50-44-35-31-27-23-19-15-11-7-3)78-98-85(90)72-68-64-60-56-52-49-46-43-41-39-37-34-30-26-22-18-14-10-6-2/h10-11,14-15,21-23,25-27,33-37,40-44,49,52,81-83,88H,5-9,12-13,16-20,24,28-32,38-39,45-48,50-51,53-80H2,1-4H3,(H,93,94)(H,95,96)/b14-10-,15-11-,25-21-,26-22-,27-23-,36-33-,37-34-,42-40-,43-41-,44-35-,52-49-. The Morgan fingerprint density at radius 3 is 0.783 bits per heavy atom. The maximum absolute atomic E-state index is 13.1. The van der Waals surface area contributed by atoms with Crippen molar-refractivity contribution in [3.63, 3.8) is 0 Å². The number of carbonyl (C=O) groups is 4. The van der Waals surface area contributed by atoms with Gasteiger partial charge in [0.05, 0.1) is 26.4 Å². The molecule has 608 valence electrons. The Balaban J connectivity index is 5.39. The minimum atomic E-state index is -4.99. The van der Waals surface area contributed by atoms with Gasteiger partial charge in [0.25, 0.3) is 0 Å². The number of aliphatic hydroxyl groups excluding tert-OH is 1. The average molecular weight is 1530 g/mol. The van der Waals surface area contributed by atoms with Gasteiger partial charge in [0, 0.05) is 25.7 Å². The quantitative estimate of drug-likeness (QED) is 0.0169. The van der Waals surface area contributed by atoms with E-state index in [2.05, 4.69) is 161 Å². The normalized spacial score (nSPS) is 14.5. The number of phosphoric ester groups is 2. The SMILES string of the molecule is CC/C=C\C/C=C\C/C=C\C/C=C\C/C=C\CCCCCC(=O)OCC(COP(=O)(O)OCC(O)COP(=O)(O)OCC(COC(=O)CCCCCCCC/C=C\C/C=C\C/C=C\CCCCC)OC(=O)CCCCCCCCCCCCCCC)OC(=O)CCCCCCC/C=C\C/C=C\C/C=C\CC. The molecule has 0 radical (unpaired) electrons. The third kappa shape index (κ3) is 77.4. The second-order valence-corrected chi connectivity index (χ2v) is 30.2. The van der Waals surface area contributed by atoms with Gasteiger partial charge in [-0.1, -0.05) is 303 Å². The van der Waals surface area contributed by atoms with E-state index in [0.29, 0.717) is 25.7 Å². The Morgan fingerprint density at radius 1 is 0.274 bits per heavy atom. The highest BCUT2D eigenvalue weighted by atomic mass is 31.2. The second-order valence-electron chi connectivity index (χ2n) is 27.3. The van der Waals surface area contributed by atoms with Crippen LogP contribution in [0, 0.1) is 0 Å². The second kappa shape index (κ2) is 78.3. The fraction of sp³-hybridized carbons (Fsp3) is 0.701. The lowest BCUT2D eigenvalue weighted by atomic mass is 10.0. The van der Waals surface area contributed by atoms with E-state index in [0.717, 1.165) is 186 Å². The highest BCUT2D eigenvalue weighted by molar-refractivity contribution is 7.47. The van der Waals surface area contributed by atoms with Crippen LogP contribution in [0.25, 0.3) is 0 Å². The zero-order valence-corrected chi connectivity index (χ0v) is 68.4. The monoisotopic (exact) mass is 1530 g/mol.